The Morgan fingerprint density at radius 1 is 1.25 bits per heavy atom. The molecule has 0 bridgehead atoms. The second-order valence-electron chi connectivity index (χ2n) is 3.50. The lowest BCUT2D eigenvalue weighted by atomic mass is 10.2. The van der Waals surface area contributed by atoms with Gasteiger partial charge in [-0.05, 0) is 58.7 Å². The van der Waals surface area contributed by atoms with Crippen LogP contribution in [0.5, 0.6) is 0 Å². The number of aromatic nitrogens is 1. The predicted molar refractivity (Wildman–Crippen MR) is 71.4 cm³/mol. The van der Waals surface area contributed by atoms with Gasteiger partial charge in [0, 0.05) is 21.4 Å². The van der Waals surface area contributed by atoms with E-state index in [-0.39, 0.29) is 0 Å². The number of aryl methyl sites for hydroxylation is 1. The molecule has 0 aliphatic rings. The fourth-order valence-corrected chi connectivity index (χ4v) is 1.93. The van der Waals surface area contributed by atoms with Crippen LogP contribution < -0.4 is 5.32 Å². The van der Waals surface area contributed by atoms with Crippen LogP contribution in [-0.4, -0.2) is 4.98 Å². The highest BCUT2D eigenvalue weighted by molar-refractivity contribution is 9.10. The van der Waals surface area contributed by atoms with Gasteiger partial charge >= 0.3 is 0 Å². The summed E-state index contributed by atoms with van der Waals surface area (Å²) in [6, 6.07) is 9.66. The highest BCUT2D eigenvalue weighted by Gasteiger charge is 1.98. The van der Waals surface area contributed by atoms with Crippen molar-refractivity contribution < 1.29 is 0 Å². The molecule has 0 unspecified atom stereocenters. The summed E-state index contributed by atoms with van der Waals surface area (Å²) in [5.74, 6) is 0.796. The minimum Gasteiger partial charge on any atom is -0.340 e. The Balaban J connectivity index is 2.23. The van der Waals surface area contributed by atoms with Crippen LogP contribution in [0.1, 0.15) is 5.56 Å². The van der Waals surface area contributed by atoms with Gasteiger partial charge in [0.05, 0.1) is 0 Å². The fraction of sp³-hybridized carbons (Fsp3) is 0.0833. The lowest BCUT2D eigenvalue weighted by Gasteiger charge is -2.07. The minimum atomic E-state index is 0.722. The number of anilines is 2. The first-order chi connectivity index (χ1) is 7.63. The monoisotopic (exact) mass is 296 g/mol. The van der Waals surface area contributed by atoms with E-state index in [0.717, 1.165) is 26.6 Å². The molecule has 0 saturated carbocycles. The van der Waals surface area contributed by atoms with Crippen molar-refractivity contribution in [2.75, 3.05) is 5.32 Å². The highest BCUT2D eigenvalue weighted by atomic mass is 79.9. The maximum absolute atomic E-state index is 5.97. The van der Waals surface area contributed by atoms with Gasteiger partial charge in [-0.25, -0.2) is 4.98 Å². The van der Waals surface area contributed by atoms with Crippen molar-refractivity contribution in [3.05, 3.63) is 51.6 Å². The molecule has 1 aromatic carbocycles. The standard InChI is InChI=1S/C12H10BrClN2/c1-8-4-10(14)6-11(5-8)16-12-3-2-9(13)7-15-12/h2-7H,1H3,(H,15,16). The van der Waals surface area contributed by atoms with E-state index in [1.54, 1.807) is 6.20 Å². The van der Waals surface area contributed by atoms with E-state index >= 15 is 0 Å². The Morgan fingerprint density at radius 2 is 2.06 bits per heavy atom. The summed E-state index contributed by atoms with van der Waals surface area (Å²) < 4.78 is 0.959. The molecular weight excluding hydrogens is 288 g/mol. The van der Waals surface area contributed by atoms with Crippen molar-refractivity contribution in [2.24, 2.45) is 0 Å². The number of halogens is 2. The van der Waals surface area contributed by atoms with Crippen LogP contribution in [0.15, 0.2) is 41.0 Å². The molecule has 82 valence electrons. The number of pyridine rings is 1. The summed E-state index contributed by atoms with van der Waals surface area (Å²) in [6.07, 6.45) is 1.75. The smallest absolute Gasteiger partial charge is 0.130 e. The summed E-state index contributed by atoms with van der Waals surface area (Å²) in [7, 11) is 0. The van der Waals surface area contributed by atoms with Crippen molar-refractivity contribution in [3.8, 4) is 0 Å². The van der Waals surface area contributed by atoms with Crippen molar-refractivity contribution in [1.29, 1.82) is 0 Å². The lowest BCUT2D eigenvalue weighted by Crippen LogP contribution is -1.93. The number of hydrogen-bond donors (Lipinski definition) is 1. The Hall–Kier alpha value is -1.06. The first kappa shape index (κ1) is 11.4. The van der Waals surface area contributed by atoms with E-state index in [4.69, 9.17) is 11.6 Å². The fourth-order valence-electron chi connectivity index (χ4n) is 1.41. The van der Waals surface area contributed by atoms with E-state index in [1.807, 2.05) is 37.3 Å². The van der Waals surface area contributed by atoms with Gasteiger partial charge in [-0.1, -0.05) is 11.6 Å². The van der Waals surface area contributed by atoms with Gasteiger partial charge in [0.1, 0.15) is 5.82 Å². The molecule has 0 fully saturated rings. The molecule has 1 aromatic heterocycles. The number of hydrogen-bond acceptors (Lipinski definition) is 2. The zero-order valence-electron chi connectivity index (χ0n) is 8.67. The molecule has 16 heavy (non-hydrogen) atoms. The van der Waals surface area contributed by atoms with Crippen LogP contribution in [0.25, 0.3) is 0 Å². The maximum Gasteiger partial charge on any atom is 0.130 e. The molecular formula is C12H10BrClN2. The maximum atomic E-state index is 5.97. The number of benzene rings is 1. The first-order valence-electron chi connectivity index (χ1n) is 4.79. The quantitative estimate of drug-likeness (QED) is 0.879. The molecule has 0 spiro atoms. The average molecular weight is 298 g/mol. The van der Waals surface area contributed by atoms with Gasteiger partial charge < -0.3 is 5.32 Å². The summed E-state index contributed by atoms with van der Waals surface area (Å²) in [6.45, 7) is 2.01. The molecule has 4 heteroatoms. The molecule has 0 amide bonds. The Labute approximate surface area is 108 Å². The van der Waals surface area contributed by atoms with E-state index in [1.165, 1.54) is 0 Å². The normalized spacial score (nSPS) is 10.2. The Bertz CT molecular complexity index is 477. The number of nitrogens with one attached hydrogen (secondary N) is 1. The minimum absolute atomic E-state index is 0.722. The molecule has 0 aliphatic carbocycles. The van der Waals surface area contributed by atoms with Gasteiger partial charge in [-0.2, -0.15) is 0 Å². The van der Waals surface area contributed by atoms with E-state index < -0.39 is 0 Å². The van der Waals surface area contributed by atoms with Crippen LogP contribution in [0.3, 0.4) is 0 Å². The van der Waals surface area contributed by atoms with Crippen LogP contribution >= 0.6 is 27.5 Å². The van der Waals surface area contributed by atoms with Crippen LogP contribution in [-0.2, 0) is 0 Å². The molecule has 0 aliphatic heterocycles. The predicted octanol–water partition coefficient (Wildman–Crippen LogP) is 4.55. The topological polar surface area (TPSA) is 24.9 Å². The van der Waals surface area contributed by atoms with Crippen molar-refractivity contribution >= 4 is 39.0 Å². The second kappa shape index (κ2) is 4.85. The van der Waals surface area contributed by atoms with Gasteiger partial charge in [0.15, 0.2) is 0 Å². The molecule has 1 heterocycles. The molecule has 2 nitrogen and oxygen atoms in total. The second-order valence-corrected chi connectivity index (χ2v) is 4.86. The van der Waals surface area contributed by atoms with Crippen molar-refractivity contribution in [2.45, 2.75) is 6.92 Å². The third kappa shape index (κ3) is 2.97. The lowest BCUT2D eigenvalue weighted by molar-refractivity contribution is 1.29. The molecule has 1 N–H and O–H groups in total. The number of nitrogens with zero attached hydrogens (tertiary/aromatic N) is 1. The number of rotatable bonds is 2. The van der Waals surface area contributed by atoms with Gasteiger partial charge in [0.25, 0.3) is 0 Å². The largest absolute Gasteiger partial charge is 0.340 e. The van der Waals surface area contributed by atoms with Crippen LogP contribution in [0.4, 0.5) is 11.5 Å². The molecule has 2 rings (SSSR count). The Kier molecular flexibility index (Phi) is 3.46. The first-order valence-corrected chi connectivity index (χ1v) is 5.96. The van der Waals surface area contributed by atoms with Gasteiger partial charge in [0.2, 0.25) is 0 Å². The third-order valence-corrected chi connectivity index (χ3v) is 2.73. The van der Waals surface area contributed by atoms with Crippen molar-refractivity contribution in [3.63, 3.8) is 0 Å². The molecule has 0 saturated heterocycles. The summed E-state index contributed by atoms with van der Waals surface area (Å²) in [5, 5.41) is 3.92. The molecule has 0 radical (unpaired) electrons. The SMILES string of the molecule is Cc1cc(Cl)cc(Nc2ccc(Br)cn2)c1. The van der Waals surface area contributed by atoms with Gasteiger partial charge in [-0.15, -0.1) is 0 Å². The molecule has 0 atom stereocenters. The summed E-state index contributed by atoms with van der Waals surface area (Å²) >= 11 is 9.32. The zero-order valence-corrected chi connectivity index (χ0v) is 11.0. The van der Waals surface area contributed by atoms with Crippen molar-refractivity contribution in [1.82, 2.24) is 4.98 Å². The zero-order chi connectivity index (χ0) is 11.5. The molecule has 2 aromatic rings. The summed E-state index contributed by atoms with van der Waals surface area (Å²) in [4.78, 5) is 4.23. The average Bonchev–Trinajstić information content (AvgIpc) is 2.20. The van der Waals surface area contributed by atoms with E-state index in [2.05, 4.69) is 26.2 Å². The van der Waals surface area contributed by atoms with Crippen LogP contribution in [0.2, 0.25) is 5.02 Å². The summed E-state index contributed by atoms with van der Waals surface area (Å²) in [5.41, 5.74) is 2.06. The van der Waals surface area contributed by atoms with Crippen LogP contribution in [0, 0.1) is 6.92 Å². The third-order valence-electron chi connectivity index (χ3n) is 2.04. The highest BCUT2D eigenvalue weighted by Crippen LogP contribution is 2.21. The van der Waals surface area contributed by atoms with E-state index in [9.17, 15) is 0 Å². The van der Waals surface area contributed by atoms with Gasteiger partial charge in [-0.3, -0.25) is 0 Å². The van der Waals surface area contributed by atoms with E-state index in [0.29, 0.717) is 0 Å². The Morgan fingerprint density at radius 3 is 2.69 bits per heavy atom.